The Labute approximate surface area is 146 Å². The Bertz CT molecular complexity index is 822. The zero-order valence-electron chi connectivity index (χ0n) is 14.4. The molecule has 25 heavy (non-hydrogen) atoms. The van der Waals surface area contributed by atoms with Crippen molar-refractivity contribution in [2.75, 3.05) is 26.2 Å². The van der Waals surface area contributed by atoms with Crippen LogP contribution in [-0.4, -0.2) is 52.4 Å². The number of imidazole rings is 1. The van der Waals surface area contributed by atoms with Crippen LogP contribution in [0.2, 0.25) is 0 Å². The van der Waals surface area contributed by atoms with Crippen LogP contribution < -0.4 is 10.6 Å². The van der Waals surface area contributed by atoms with Gasteiger partial charge in [-0.15, -0.1) is 0 Å². The number of carbonyl (C=O) groups is 2. The number of nitrogens with zero attached hydrogens (tertiary/aromatic N) is 3. The van der Waals surface area contributed by atoms with Crippen molar-refractivity contribution in [2.45, 2.75) is 25.3 Å². The summed E-state index contributed by atoms with van der Waals surface area (Å²) in [6.45, 7) is 4.93. The lowest BCUT2D eigenvalue weighted by molar-refractivity contribution is -0.134. The molecule has 2 fully saturated rings. The molecule has 2 N–H and O–H groups in total. The zero-order valence-corrected chi connectivity index (χ0v) is 14.4. The highest BCUT2D eigenvalue weighted by Gasteiger charge is 2.28. The summed E-state index contributed by atoms with van der Waals surface area (Å²) in [5.74, 6) is 0.408. The normalized spacial score (nSPS) is 22.4. The number of nitrogens with one attached hydrogen (secondary N) is 2. The smallest absolute Gasteiger partial charge is 0.234 e. The maximum absolute atomic E-state index is 12.1. The molecular formula is C18H23N5O2. The average Bonchev–Trinajstić information content (AvgIpc) is 2.91. The number of hydrogen-bond acceptors (Lipinski definition) is 5. The van der Waals surface area contributed by atoms with Gasteiger partial charge < -0.3 is 9.88 Å². The Balaban J connectivity index is 1.61. The van der Waals surface area contributed by atoms with Crippen LogP contribution in [0.4, 0.5) is 0 Å². The Kier molecular flexibility index (Phi) is 4.27. The molecule has 3 heterocycles. The SMILES string of the molecule is Cn1c(CN2CCNCC2)nc2ccc(C3CCC(=O)NC3=O)cc21. The van der Waals surface area contributed by atoms with E-state index in [0.29, 0.717) is 12.8 Å². The standard InChI is InChI=1S/C18H23N5O2/c1-22-15-10-12(13-3-5-17(24)21-18(13)25)2-4-14(15)20-16(22)11-23-8-6-19-7-9-23/h2,4,10,13,19H,3,5-9,11H2,1H3,(H,21,24,25). The van der Waals surface area contributed by atoms with Gasteiger partial charge in [-0.25, -0.2) is 4.98 Å². The maximum atomic E-state index is 12.1. The third-order valence-electron chi connectivity index (χ3n) is 5.21. The highest BCUT2D eigenvalue weighted by Crippen LogP contribution is 2.28. The minimum Gasteiger partial charge on any atom is -0.330 e. The minimum atomic E-state index is -0.256. The van der Waals surface area contributed by atoms with Crippen LogP contribution in [0.5, 0.6) is 0 Å². The van der Waals surface area contributed by atoms with Crippen molar-refractivity contribution in [1.82, 2.24) is 25.1 Å². The summed E-state index contributed by atoms with van der Waals surface area (Å²) in [7, 11) is 2.03. The Morgan fingerprint density at radius 1 is 1.24 bits per heavy atom. The molecule has 132 valence electrons. The number of imide groups is 1. The number of hydrogen-bond donors (Lipinski definition) is 2. The summed E-state index contributed by atoms with van der Waals surface area (Å²) in [6, 6.07) is 5.99. The van der Waals surface area contributed by atoms with Gasteiger partial charge in [-0.1, -0.05) is 6.07 Å². The van der Waals surface area contributed by atoms with Gasteiger partial charge in [0, 0.05) is 39.6 Å². The summed E-state index contributed by atoms with van der Waals surface area (Å²) in [4.78, 5) is 30.7. The lowest BCUT2D eigenvalue weighted by Gasteiger charge is -2.26. The van der Waals surface area contributed by atoms with Crippen LogP contribution >= 0.6 is 0 Å². The first-order valence-corrected chi connectivity index (χ1v) is 8.84. The summed E-state index contributed by atoms with van der Waals surface area (Å²) >= 11 is 0. The number of aromatic nitrogens is 2. The molecule has 4 rings (SSSR count). The molecule has 0 bridgehead atoms. The molecule has 2 saturated heterocycles. The number of benzene rings is 1. The van der Waals surface area contributed by atoms with Crippen molar-refractivity contribution in [3.05, 3.63) is 29.6 Å². The van der Waals surface area contributed by atoms with Gasteiger partial charge >= 0.3 is 0 Å². The van der Waals surface area contributed by atoms with E-state index < -0.39 is 0 Å². The second-order valence-corrected chi connectivity index (χ2v) is 6.87. The van der Waals surface area contributed by atoms with Crippen LogP contribution in [-0.2, 0) is 23.2 Å². The van der Waals surface area contributed by atoms with Gasteiger partial charge in [0.1, 0.15) is 5.82 Å². The summed E-state index contributed by atoms with van der Waals surface area (Å²) in [5, 5.41) is 5.80. The van der Waals surface area contributed by atoms with Crippen LogP contribution in [0.25, 0.3) is 11.0 Å². The first-order valence-electron chi connectivity index (χ1n) is 8.84. The van der Waals surface area contributed by atoms with E-state index in [1.54, 1.807) is 0 Å². The van der Waals surface area contributed by atoms with Crippen molar-refractivity contribution in [1.29, 1.82) is 0 Å². The van der Waals surface area contributed by atoms with E-state index in [0.717, 1.165) is 55.1 Å². The predicted octanol–water partition coefficient (Wildman–Crippen LogP) is 0.499. The largest absolute Gasteiger partial charge is 0.330 e. The number of fused-ring (bicyclic) bond motifs is 1. The van der Waals surface area contributed by atoms with E-state index in [4.69, 9.17) is 4.98 Å². The van der Waals surface area contributed by atoms with E-state index in [2.05, 4.69) is 20.1 Å². The van der Waals surface area contributed by atoms with E-state index in [9.17, 15) is 9.59 Å². The molecule has 2 aliphatic rings. The van der Waals surface area contributed by atoms with E-state index in [1.165, 1.54) is 0 Å². The van der Waals surface area contributed by atoms with Crippen molar-refractivity contribution in [3.63, 3.8) is 0 Å². The fourth-order valence-corrected chi connectivity index (χ4v) is 3.70. The van der Waals surface area contributed by atoms with Gasteiger partial charge in [0.25, 0.3) is 0 Å². The molecule has 2 aliphatic heterocycles. The average molecular weight is 341 g/mol. The molecule has 1 atom stereocenters. The lowest BCUT2D eigenvalue weighted by atomic mass is 9.90. The molecule has 0 radical (unpaired) electrons. The van der Waals surface area contributed by atoms with E-state index in [-0.39, 0.29) is 17.7 Å². The summed E-state index contributed by atoms with van der Waals surface area (Å²) in [5.41, 5.74) is 2.94. The number of rotatable bonds is 3. The molecule has 7 heteroatoms. The van der Waals surface area contributed by atoms with Crippen molar-refractivity contribution in [2.24, 2.45) is 7.05 Å². The maximum Gasteiger partial charge on any atom is 0.234 e. The topological polar surface area (TPSA) is 79.3 Å². The monoisotopic (exact) mass is 341 g/mol. The first kappa shape index (κ1) is 16.2. The number of piperazine rings is 1. The quantitative estimate of drug-likeness (QED) is 0.795. The van der Waals surface area contributed by atoms with Gasteiger partial charge in [-0.3, -0.25) is 19.8 Å². The van der Waals surface area contributed by atoms with E-state index >= 15 is 0 Å². The first-order chi connectivity index (χ1) is 12.1. The van der Waals surface area contributed by atoms with Crippen LogP contribution in [0, 0.1) is 0 Å². The predicted molar refractivity (Wildman–Crippen MR) is 94.0 cm³/mol. The molecular weight excluding hydrogens is 318 g/mol. The molecule has 0 saturated carbocycles. The van der Waals surface area contributed by atoms with Gasteiger partial charge in [0.05, 0.1) is 23.5 Å². The number of amides is 2. The second-order valence-electron chi connectivity index (χ2n) is 6.87. The second kappa shape index (κ2) is 6.57. The fraction of sp³-hybridized carbons (Fsp3) is 0.500. The number of aryl methyl sites for hydroxylation is 1. The molecule has 0 aliphatic carbocycles. The van der Waals surface area contributed by atoms with Crippen LogP contribution in [0.3, 0.4) is 0 Å². The molecule has 1 aromatic carbocycles. The highest BCUT2D eigenvalue weighted by molar-refractivity contribution is 6.01. The number of carbonyl (C=O) groups excluding carboxylic acids is 2. The Hall–Kier alpha value is -2.25. The van der Waals surface area contributed by atoms with Gasteiger partial charge in [0.15, 0.2) is 0 Å². The third-order valence-corrected chi connectivity index (χ3v) is 5.21. The van der Waals surface area contributed by atoms with Gasteiger partial charge in [-0.05, 0) is 24.1 Å². The molecule has 1 unspecified atom stereocenters. The van der Waals surface area contributed by atoms with Gasteiger partial charge in [-0.2, -0.15) is 0 Å². The third kappa shape index (κ3) is 3.17. The van der Waals surface area contributed by atoms with Crippen molar-refractivity contribution >= 4 is 22.8 Å². The van der Waals surface area contributed by atoms with Gasteiger partial charge in [0.2, 0.25) is 11.8 Å². The molecule has 0 spiro atoms. The zero-order chi connectivity index (χ0) is 17.4. The van der Waals surface area contributed by atoms with E-state index in [1.807, 2.05) is 25.2 Å². The molecule has 7 nitrogen and oxygen atoms in total. The number of piperidine rings is 1. The molecule has 1 aromatic heterocycles. The summed E-state index contributed by atoms with van der Waals surface area (Å²) in [6.07, 6.45) is 0.968. The summed E-state index contributed by atoms with van der Waals surface area (Å²) < 4.78 is 2.12. The Morgan fingerprint density at radius 2 is 2.04 bits per heavy atom. The molecule has 2 amide bonds. The van der Waals surface area contributed by atoms with Crippen LogP contribution in [0.1, 0.15) is 30.1 Å². The molecule has 2 aromatic rings. The van der Waals surface area contributed by atoms with Crippen LogP contribution in [0.15, 0.2) is 18.2 Å². The highest BCUT2D eigenvalue weighted by atomic mass is 16.2. The minimum absolute atomic E-state index is 0.179. The Morgan fingerprint density at radius 3 is 2.80 bits per heavy atom. The van der Waals surface area contributed by atoms with Crippen molar-refractivity contribution in [3.8, 4) is 0 Å². The van der Waals surface area contributed by atoms with Crippen molar-refractivity contribution < 1.29 is 9.59 Å². The lowest BCUT2D eigenvalue weighted by Crippen LogP contribution is -2.43. The fourth-order valence-electron chi connectivity index (χ4n) is 3.70.